The Kier molecular flexibility index (Phi) is 10.4. The van der Waals surface area contributed by atoms with Crippen LogP contribution in [0.5, 0.6) is 0 Å². The Morgan fingerprint density at radius 2 is 1.82 bits per heavy atom. The number of carbonyl (C=O) groups excluding carboxylic acids is 4. The lowest BCUT2D eigenvalue weighted by Gasteiger charge is -2.31. The molecule has 2 atom stereocenters. The van der Waals surface area contributed by atoms with E-state index in [1.165, 1.54) is 18.9 Å². The zero-order valence-electron chi connectivity index (χ0n) is 20.1. The zero-order chi connectivity index (χ0) is 25.2. The Balaban J connectivity index is 3.08. The van der Waals surface area contributed by atoms with E-state index < -0.39 is 41.6 Å². The van der Waals surface area contributed by atoms with Gasteiger partial charge in [0.2, 0.25) is 11.8 Å². The molecule has 0 aliphatic heterocycles. The number of nitrogens with one attached hydrogen (secondary N) is 2. The molecule has 180 valence electrons. The van der Waals surface area contributed by atoms with E-state index in [9.17, 15) is 19.2 Å². The van der Waals surface area contributed by atoms with Gasteiger partial charge in [-0.3, -0.25) is 14.4 Å². The zero-order valence-corrected chi connectivity index (χ0v) is 20.1. The number of benzene rings is 1. The molecule has 9 nitrogen and oxygen atoms in total. The number of amides is 3. The third-order valence-electron chi connectivity index (χ3n) is 4.43. The van der Waals surface area contributed by atoms with E-state index in [2.05, 4.69) is 16.6 Å². The van der Waals surface area contributed by atoms with Gasteiger partial charge in [-0.05, 0) is 46.2 Å². The summed E-state index contributed by atoms with van der Waals surface area (Å²) in [6.07, 6.45) is 4.83. The Hall–Kier alpha value is -3.54. The van der Waals surface area contributed by atoms with E-state index in [-0.39, 0.29) is 19.6 Å². The summed E-state index contributed by atoms with van der Waals surface area (Å²) in [6, 6.07) is 4.68. The van der Waals surface area contributed by atoms with Gasteiger partial charge in [-0.15, -0.1) is 6.42 Å². The highest BCUT2D eigenvalue weighted by molar-refractivity contribution is 5.92. The second-order valence-corrected chi connectivity index (χ2v) is 8.30. The molecule has 0 aliphatic carbocycles. The topological polar surface area (TPSA) is 114 Å². The molecule has 3 amide bonds. The average molecular weight is 460 g/mol. The lowest BCUT2D eigenvalue weighted by Crippen LogP contribution is -2.50. The standard InChI is InChI=1S/C24H33N3O6/c1-8-17-12-10-11-13-18(17)20(21(29)25-15-14-19(28)32-9-2)27(7)22(30)16(3)26-23(31)33-24(4,5)6/h1,10-13,16,20H,9,14-15H2,2-7H3,(H,25,29)(H,26,31). The number of alkyl carbamates (subject to hydrolysis) is 1. The molecule has 2 unspecified atom stereocenters. The first-order valence-corrected chi connectivity index (χ1v) is 10.7. The maximum Gasteiger partial charge on any atom is 0.408 e. The number of esters is 1. The number of rotatable bonds is 9. The molecular weight excluding hydrogens is 426 g/mol. The molecule has 0 heterocycles. The van der Waals surface area contributed by atoms with Crippen LogP contribution < -0.4 is 10.6 Å². The monoisotopic (exact) mass is 459 g/mol. The summed E-state index contributed by atoms with van der Waals surface area (Å²) in [4.78, 5) is 51.0. The molecular formula is C24H33N3O6. The molecule has 1 rings (SSSR count). The first kappa shape index (κ1) is 27.5. The fraction of sp³-hybridized carbons (Fsp3) is 0.500. The van der Waals surface area contributed by atoms with Gasteiger partial charge in [0.25, 0.3) is 0 Å². The predicted octanol–water partition coefficient (Wildman–Crippen LogP) is 2.15. The van der Waals surface area contributed by atoms with Crippen molar-refractivity contribution < 1.29 is 28.7 Å². The molecule has 0 fully saturated rings. The van der Waals surface area contributed by atoms with Crippen LogP contribution in [0.25, 0.3) is 0 Å². The minimum atomic E-state index is -1.09. The summed E-state index contributed by atoms with van der Waals surface area (Å²) >= 11 is 0. The van der Waals surface area contributed by atoms with Gasteiger partial charge in [-0.2, -0.15) is 0 Å². The fourth-order valence-corrected chi connectivity index (χ4v) is 2.99. The van der Waals surface area contributed by atoms with Gasteiger partial charge in [0.05, 0.1) is 13.0 Å². The maximum absolute atomic E-state index is 13.1. The fourth-order valence-electron chi connectivity index (χ4n) is 2.99. The Labute approximate surface area is 195 Å². The minimum Gasteiger partial charge on any atom is -0.466 e. The van der Waals surface area contributed by atoms with E-state index >= 15 is 0 Å². The molecule has 9 heteroatoms. The highest BCUT2D eigenvalue weighted by atomic mass is 16.6. The summed E-state index contributed by atoms with van der Waals surface area (Å²) in [5.74, 6) is 1.02. The Morgan fingerprint density at radius 1 is 1.18 bits per heavy atom. The van der Waals surface area contributed by atoms with Gasteiger partial charge < -0.3 is 25.0 Å². The molecule has 0 aromatic heterocycles. The Bertz CT molecular complexity index is 900. The van der Waals surface area contributed by atoms with Crippen molar-refractivity contribution in [2.45, 2.75) is 58.7 Å². The minimum absolute atomic E-state index is 0.0165. The highest BCUT2D eigenvalue weighted by Gasteiger charge is 2.33. The summed E-state index contributed by atoms with van der Waals surface area (Å²) in [6.45, 7) is 8.57. The molecule has 0 saturated heterocycles. The van der Waals surface area contributed by atoms with Gasteiger partial charge in [0.1, 0.15) is 17.7 Å². The normalized spacial score (nSPS) is 12.5. The smallest absolute Gasteiger partial charge is 0.408 e. The molecule has 33 heavy (non-hydrogen) atoms. The van der Waals surface area contributed by atoms with Crippen LogP contribution in [0.15, 0.2) is 24.3 Å². The van der Waals surface area contributed by atoms with Crippen molar-refractivity contribution in [3.63, 3.8) is 0 Å². The molecule has 2 N–H and O–H groups in total. The van der Waals surface area contributed by atoms with E-state index in [4.69, 9.17) is 15.9 Å². The number of nitrogens with zero attached hydrogens (tertiary/aromatic N) is 1. The van der Waals surface area contributed by atoms with Gasteiger partial charge in [0.15, 0.2) is 0 Å². The van der Waals surface area contributed by atoms with Crippen molar-refractivity contribution in [3.8, 4) is 12.3 Å². The number of ether oxygens (including phenoxy) is 2. The molecule has 0 bridgehead atoms. The van der Waals surface area contributed by atoms with E-state index in [0.717, 1.165) is 0 Å². The molecule has 0 aliphatic rings. The van der Waals surface area contributed by atoms with Crippen LogP contribution in [0.4, 0.5) is 4.79 Å². The number of likely N-dealkylation sites (N-methyl/N-ethyl adjacent to an activating group) is 1. The molecule has 0 saturated carbocycles. The van der Waals surface area contributed by atoms with Crippen molar-refractivity contribution in [1.82, 2.24) is 15.5 Å². The summed E-state index contributed by atoms with van der Waals surface area (Å²) < 4.78 is 10.1. The largest absolute Gasteiger partial charge is 0.466 e. The third kappa shape index (κ3) is 8.85. The number of hydrogen-bond acceptors (Lipinski definition) is 6. The second kappa shape index (κ2) is 12.5. The van der Waals surface area contributed by atoms with Crippen molar-refractivity contribution in [2.24, 2.45) is 0 Å². The van der Waals surface area contributed by atoms with Crippen molar-refractivity contribution in [1.29, 1.82) is 0 Å². The quantitative estimate of drug-likeness (QED) is 0.432. The molecule has 0 radical (unpaired) electrons. The summed E-state index contributed by atoms with van der Waals surface area (Å²) in [5, 5.41) is 5.13. The first-order chi connectivity index (χ1) is 15.4. The van der Waals surface area contributed by atoms with Crippen LogP contribution in [-0.2, 0) is 23.9 Å². The average Bonchev–Trinajstić information content (AvgIpc) is 2.72. The van der Waals surface area contributed by atoms with Gasteiger partial charge in [0, 0.05) is 19.2 Å². The summed E-state index contributed by atoms with van der Waals surface area (Å²) in [5.41, 5.74) is 0.149. The third-order valence-corrected chi connectivity index (χ3v) is 4.43. The van der Waals surface area contributed by atoms with Crippen LogP contribution in [0, 0.1) is 12.3 Å². The van der Waals surface area contributed by atoms with Crippen LogP contribution in [0.3, 0.4) is 0 Å². The van der Waals surface area contributed by atoms with Crippen LogP contribution in [0.1, 0.15) is 58.2 Å². The Morgan fingerprint density at radius 3 is 2.39 bits per heavy atom. The lowest BCUT2D eigenvalue weighted by molar-refractivity contribution is -0.143. The maximum atomic E-state index is 13.1. The van der Waals surface area contributed by atoms with Crippen molar-refractivity contribution >= 4 is 23.9 Å². The molecule has 0 spiro atoms. The van der Waals surface area contributed by atoms with E-state index in [1.807, 2.05) is 0 Å². The molecule has 1 aromatic carbocycles. The number of terminal acetylenes is 1. The first-order valence-electron chi connectivity index (χ1n) is 10.7. The van der Waals surface area contributed by atoms with Crippen molar-refractivity contribution in [2.75, 3.05) is 20.2 Å². The van der Waals surface area contributed by atoms with Gasteiger partial charge >= 0.3 is 12.1 Å². The number of hydrogen-bond donors (Lipinski definition) is 2. The molecule has 1 aromatic rings. The predicted molar refractivity (Wildman–Crippen MR) is 123 cm³/mol. The second-order valence-electron chi connectivity index (χ2n) is 8.30. The highest BCUT2D eigenvalue weighted by Crippen LogP contribution is 2.24. The van der Waals surface area contributed by atoms with E-state index in [1.54, 1.807) is 52.0 Å². The summed E-state index contributed by atoms with van der Waals surface area (Å²) in [7, 11) is 1.44. The van der Waals surface area contributed by atoms with Crippen LogP contribution >= 0.6 is 0 Å². The van der Waals surface area contributed by atoms with Crippen molar-refractivity contribution in [3.05, 3.63) is 35.4 Å². The number of carbonyl (C=O) groups is 4. The lowest BCUT2D eigenvalue weighted by atomic mass is 9.98. The van der Waals surface area contributed by atoms with Gasteiger partial charge in [-0.25, -0.2) is 4.79 Å². The van der Waals surface area contributed by atoms with Gasteiger partial charge in [-0.1, -0.05) is 24.1 Å². The van der Waals surface area contributed by atoms with Crippen LogP contribution in [0.2, 0.25) is 0 Å². The SMILES string of the molecule is C#Cc1ccccc1C(C(=O)NCCC(=O)OCC)N(C)C(=O)C(C)NC(=O)OC(C)(C)C. The van der Waals surface area contributed by atoms with E-state index in [0.29, 0.717) is 11.1 Å². The van der Waals surface area contributed by atoms with Crippen LogP contribution in [-0.4, -0.2) is 60.6 Å².